The zero-order valence-electron chi connectivity index (χ0n) is 21.0. The lowest BCUT2D eigenvalue weighted by Crippen LogP contribution is -2.26. The van der Waals surface area contributed by atoms with Gasteiger partial charge in [0.25, 0.3) is 5.91 Å². The van der Waals surface area contributed by atoms with Crippen molar-refractivity contribution in [3.63, 3.8) is 0 Å². The topological polar surface area (TPSA) is 118 Å². The first-order valence-corrected chi connectivity index (χ1v) is 14.2. The summed E-state index contributed by atoms with van der Waals surface area (Å²) in [7, 11) is -2.95. The molecule has 198 valence electrons. The SMILES string of the molecule is Cc1c(C(=O)N=[S@](C)(=O)c2ccccc2)cn2ncnc(Nc3ccc(F)cc3O[C@H]3CC[C@H](O)CC3)c12. The van der Waals surface area contributed by atoms with Crippen molar-refractivity contribution in [2.75, 3.05) is 11.6 Å². The van der Waals surface area contributed by atoms with Crippen LogP contribution in [0.3, 0.4) is 0 Å². The van der Waals surface area contributed by atoms with E-state index in [-0.39, 0.29) is 17.8 Å². The van der Waals surface area contributed by atoms with Crippen LogP contribution in [0.2, 0.25) is 0 Å². The second kappa shape index (κ2) is 10.5. The van der Waals surface area contributed by atoms with Gasteiger partial charge in [0, 0.05) is 23.4 Å². The number of amides is 1. The normalized spacial score (nSPS) is 19.1. The molecule has 38 heavy (non-hydrogen) atoms. The first-order valence-electron chi connectivity index (χ1n) is 12.3. The molecule has 2 heterocycles. The molecule has 0 aliphatic heterocycles. The van der Waals surface area contributed by atoms with Gasteiger partial charge in [0.05, 0.1) is 33.2 Å². The number of hydrogen-bond acceptors (Lipinski definition) is 7. The van der Waals surface area contributed by atoms with E-state index in [0.717, 1.165) is 0 Å². The summed E-state index contributed by atoms with van der Waals surface area (Å²) >= 11 is 0. The van der Waals surface area contributed by atoms with Gasteiger partial charge in [-0.3, -0.25) is 4.79 Å². The number of benzene rings is 2. The first kappa shape index (κ1) is 25.8. The third-order valence-electron chi connectivity index (χ3n) is 6.63. The van der Waals surface area contributed by atoms with Gasteiger partial charge >= 0.3 is 0 Å². The molecule has 1 aliphatic carbocycles. The molecule has 2 aromatic heterocycles. The van der Waals surface area contributed by atoms with Gasteiger partial charge in [-0.05, 0) is 62.4 Å². The van der Waals surface area contributed by atoms with Gasteiger partial charge in [-0.25, -0.2) is 18.1 Å². The fraction of sp³-hybridized carbons (Fsp3) is 0.296. The van der Waals surface area contributed by atoms with E-state index in [4.69, 9.17) is 4.74 Å². The minimum absolute atomic E-state index is 0.138. The number of aliphatic hydroxyl groups is 1. The lowest BCUT2D eigenvalue weighted by Gasteiger charge is -2.27. The van der Waals surface area contributed by atoms with E-state index in [1.807, 2.05) is 0 Å². The van der Waals surface area contributed by atoms with Crippen molar-refractivity contribution in [3.8, 4) is 5.75 Å². The molecule has 4 aromatic rings. The number of carbonyl (C=O) groups excluding carboxylic acids is 1. The van der Waals surface area contributed by atoms with Gasteiger partial charge in [-0.15, -0.1) is 0 Å². The predicted molar refractivity (Wildman–Crippen MR) is 142 cm³/mol. The summed E-state index contributed by atoms with van der Waals surface area (Å²) in [6.45, 7) is 1.74. The molecular formula is C27H28FN5O4S. The van der Waals surface area contributed by atoms with Crippen molar-refractivity contribution in [1.82, 2.24) is 14.6 Å². The van der Waals surface area contributed by atoms with Crippen molar-refractivity contribution < 1.29 is 23.2 Å². The number of fused-ring (bicyclic) bond motifs is 1. The van der Waals surface area contributed by atoms with E-state index in [9.17, 15) is 18.5 Å². The van der Waals surface area contributed by atoms with Crippen molar-refractivity contribution in [2.24, 2.45) is 4.36 Å². The number of halogens is 1. The van der Waals surface area contributed by atoms with E-state index >= 15 is 0 Å². The molecular weight excluding hydrogens is 509 g/mol. The Labute approximate surface area is 219 Å². The number of aromatic nitrogens is 3. The summed E-state index contributed by atoms with van der Waals surface area (Å²) in [5, 5.41) is 17.2. The fourth-order valence-corrected chi connectivity index (χ4v) is 5.75. The molecule has 0 radical (unpaired) electrons. The zero-order chi connectivity index (χ0) is 26.9. The average Bonchev–Trinajstić information content (AvgIpc) is 3.25. The zero-order valence-corrected chi connectivity index (χ0v) is 21.8. The van der Waals surface area contributed by atoms with Crippen molar-refractivity contribution in [2.45, 2.75) is 49.7 Å². The minimum atomic E-state index is -2.95. The smallest absolute Gasteiger partial charge is 0.287 e. The Morgan fingerprint density at radius 2 is 1.92 bits per heavy atom. The van der Waals surface area contributed by atoms with E-state index in [0.29, 0.717) is 58.9 Å². The number of rotatable bonds is 6. The summed E-state index contributed by atoms with van der Waals surface area (Å²) in [5.74, 6) is -0.357. The van der Waals surface area contributed by atoms with Crippen molar-refractivity contribution in [1.29, 1.82) is 0 Å². The van der Waals surface area contributed by atoms with E-state index in [1.165, 1.54) is 35.4 Å². The standard InChI is InChI=1S/C27H28FN5O4S/c1-17-22(27(35)32-38(2,36)21-6-4-3-5-7-21)15-33-25(17)26(29-16-30-33)31-23-13-8-18(28)14-24(23)37-20-11-9-19(34)10-12-20/h3-8,13-16,19-20,34H,9-12H2,1-2H3,(H,29,30,31)/t19-,20-,38-/m1/s1. The molecule has 5 rings (SSSR count). The van der Waals surface area contributed by atoms with Gasteiger partial charge in [0.2, 0.25) is 0 Å². The Hall–Kier alpha value is -3.83. The van der Waals surface area contributed by atoms with Crippen LogP contribution in [0.25, 0.3) is 5.52 Å². The van der Waals surface area contributed by atoms with Crippen LogP contribution in [-0.4, -0.2) is 48.3 Å². The van der Waals surface area contributed by atoms with Crippen LogP contribution in [-0.2, 0) is 9.73 Å². The van der Waals surface area contributed by atoms with Crippen LogP contribution in [0, 0.1) is 12.7 Å². The predicted octanol–water partition coefficient (Wildman–Crippen LogP) is 4.90. The number of aliphatic hydroxyl groups excluding tert-OH is 1. The quantitative estimate of drug-likeness (QED) is 0.359. The Morgan fingerprint density at radius 1 is 1.18 bits per heavy atom. The number of hydrogen-bond donors (Lipinski definition) is 2. The van der Waals surface area contributed by atoms with Crippen LogP contribution < -0.4 is 10.1 Å². The third kappa shape index (κ3) is 5.39. The molecule has 2 aromatic carbocycles. The Bertz CT molecular complexity index is 1610. The van der Waals surface area contributed by atoms with Gasteiger partial charge in [0.15, 0.2) is 5.82 Å². The van der Waals surface area contributed by atoms with Crippen molar-refractivity contribution >= 4 is 32.7 Å². The lowest BCUT2D eigenvalue weighted by molar-refractivity contribution is 0.0668. The maximum absolute atomic E-state index is 14.1. The molecule has 11 heteroatoms. The third-order valence-corrected chi connectivity index (χ3v) is 8.29. The van der Waals surface area contributed by atoms with Crippen LogP contribution in [0.15, 0.2) is 70.3 Å². The molecule has 1 saturated carbocycles. The largest absolute Gasteiger partial charge is 0.488 e. The number of nitrogens with one attached hydrogen (secondary N) is 1. The highest BCUT2D eigenvalue weighted by Gasteiger charge is 2.23. The molecule has 2 N–H and O–H groups in total. The lowest BCUT2D eigenvalue weighted by atomic mass is 9.95. The van der Waals surface area contributed by atoms with Crippen LogP contribution in [0.4, 0.5) is 15.9 Å². The van der Waals surface area contributed by atoms with Crippen LogP contribution >= 0.6 is 0 Å². The molecule has 1 amide bonds. The average molecular weight is 538 g/mol. The van der Waals surface area contributed by atoms with Gasteiger partial charge < -0.3 is 15.2 Å². The molecule has 1 atom stereocenters. The summed E-state index contributed by atoms with van der Waals surface area (Å²) < 4.78 is 38.9. The monoisotopic (exact) mass is 537 g/mol. The maximum atomic E-state index is 14.1. The molecule has 1 aliphatic rings. The van der Waals surface area contributed by atoms with E-state index in [2.05, 4.69) is 19.8 Å². The molecule has 1 fully saturated rings. The minimum Gasteiger partial charge on any atom is -0.488 e. The summed E-state index contributed by atoms with van der Waals surface area (Å²) in [6, 6.07) is 12.8. The second-order valence-corrected chi connectivity index (χ2v) is 11.7. The first-order chi connectivity index (χ1) is 18.2. The Kier molecular flexibility index (Phi) is 7.13. The maximum Gasteiger partial charge on any atom is 0.287 e. The number of carbonyl (C=O) groups is 1. The molecule has 0 spiro atoms. The number of ether oxygens (including phenoxy) is 1. The summed E-state index contributed by atoms with van der Waals surface area (Å²) in [5.41, 5.74) is 1.81. The Morgan fingerprint density at radius 3 is 2.66 bits per heavy atom. The van der Waals surface area contributed by atoms with Gasteiger partial charge in [-0.1, -0.05) is 18.2 Å². The molecule has 0 bridgehead atoms. The highest BCUT2D eigenvalue weighted by atomic mass is 32.2. The number of anilines is 2. The number of nitrogens with zero attached hydrogens (tertiary/aromatic N) is 4. The van der Waals surface area contributed by atoms with E-state index < -0.39 is 21.5 Å². The summed E-state index contributed by atoms with van der Waals surface area (Å²) in [4.78, 5) is 17.9. The van der Waals surface area contributed by atoms with Gasteiger partial charge in [-0.2, -0.15) is 9.46 Å². The summed E-state index contributed by atoms with van der Waals surface area (Å²) in [6.07, 6.45) is 6.44. The second-order valence-electron chi connectivity index (χ2n) is 9.40. The van der Waals surface area contributed by atoms with Crippen molar-refractivity contribution in [3.05, 3.63) is 78.0 Å². The van der Waals surface area contributed by atoms with Gasteiger partial charge in [0.1, 0.15) is 23.4 Å². The fourth-order valence-electron chi connectivity index (χ4n) is 4.57. The van der Waals surface area contributed by atoms with E-state index in [1.54, 1.807) is 43.3 Å². The van der Waals surface area contributed by atoms with Crippen LogP contribution in [0.5, 0.6) is 5.75 Å². The Balaban J connectivity index is 1.47. The highest BCUT2D eigenvalue weighted by Crippen LogP contribution is 2.34. The molecule has 0 saturated heterocycles. The molecule has 0 unspecified atom stereocenters. The number of aryl methyl sites for hydroxylation is 1. The van der Waals surface area contributed by atoms with Crippen LogP contribution in [0.1, 0.15) is 41.6 Å². The highest BCUT2D eigenvalue weighted by molar-refractivity contribution is 7.93. The molecule has 9 nitrogen and oxygen atoms in total.